The maximum absolute atomic E-state index is 13.4. The van der Waals surface area contributed by atoms with Gasteiger partial charge in [0.05, 0.1) is 17.6 Å². The fourth-order valence-electron chi connectivity index (χ4n) is 2.50. The van der Waals surface area contributed by atoms with Crippen LogP contribution < -0.4 is 10.1 Å². The molecule has 0 spiro atoms. The number of nitrogens with one attached hydrogen (secondary N) is 1. The molecule has 1 heterocycles. The van der Waals surface area contributed by atoms with Crippen LogP contribution in [0.2, 0.25) is 0 Å². The normalized spacial score (nSPS) is 11.3. The summed E-state index contributed by atoms with van der Waals surface area (Å²) in [5.41, 5.74) is -0.164. The van der Waals surface area contributed by atoms with Crippen LogP contribution >= 0.6 is 0 Å². The number of ether oxygens (including phenoxy) is 1. The first-order chi connectivity index (χ1) is 12.8. The summed E-state index contributed by atoms with van der Waals surface area (Å²) in [5, 5.41) is 2.27. The Kier molecular flexibility index (Phi) is 5.16. The summed E-state index contributed by atoms with van der Waals surface area (Å²) in [6, 6.07) is 10.7. The molecule has 0 aliphatic heterocycles. The highest BCUT2D eigenvalue weighted by Gasteiger charge is 2.34. The van der Waals surface area contributed by atoms with Crippen LogP contribution in [0.1, 0.15) is 11.1 Å². The molecule has 1 N–H and O–H groups in total. The first-order valence-corrected chi connectivity index (χ1v) is 8.02. The average molecular weight is 375 g/mol. The van der Waals surface area contributed by atoms with Crippen molar-refractivity contribution < 1.29 is 22.7 Å². The van der Waals surface area contributed by atoms with E-state index in [0.29, 0.717) is 5.75 Å². The summed E-state index contributed by atoms with van der Waals surface area (Å²) in [7, 11) is 0. The molecule has 0 fully saturated rings. The van der Waals surface area contributed by atoms with E-state index in [1.165, 1.54) is 35.4 Å². The minimum atomic E-state index is -4.63. The minimum Gasteiger partial charge on any atom is -0.483 e. The molecule has 27 heavy (non-hydrogen) atoms. The lowest BCUT2D eigenvalue weighted by Gasteiger charge is -2.16. The van der Waals surface area contributed by atoms with E-state index in [-0.39, 0.29) is 11.4 Å². The number of benzene rings is 2. The topological polar surface area (TPSA) is 56.1 Å². The van der Waals surface area contributed by atoms with Gasteiger partial charge in [-0.3, -0.25) is 4.79 Å². The number of aromatic nitrogens is 2. The monoisotopic (exact) mass is 375 g/mol. The largest absolute Gasteiger partial charge is 0.483 e. The summed E-state index contributed by atoms with van der Waals surface area (Å²) >= 11 is 0. The van der Waals surface area contributed by atoms with Crippen LogP contribution in [-0.2, 0) is 11.0 Å². The number of halogens is 3. The zero-order valence-corrected chi connectivity index (χ0v) is 14.3. The van der Waals surface area contributed by atoms with E-state index in [9.17, 15) is 18.0 Å². The Morgan fingerprint density at radius 2 is 2.00 bits per heavy atom. The van der Waals surface area contributed by atoms with Crippen molar-refractivity contribution in [2.45, 2.75) is 13.1 Å². The second-order valence-electron chi connectivity index (χ2n) is 5.80. The summed E-state index contributed by atoms with van der Waals surface area (Å²) < 4.78 is 47.1. The maximum atomic E-state index is 13.4. The number of imidazole rings is 1. The number of amides is 1. The van der Waals surface area contributed by atoms with E-state index in [1.54, 1.807) is 12.1 Å². The smallest absolute Gasteiger partial charge is 0.418 e. The van der Waals surface area contributed by atoms with Crippen LogP contribution in [0.25, 0.3) is 5.69 Å². The standard InChI is InChI=1S/C19H16F3N3O2/c1-13-4-2-3-5-17(13)27-11-18(26)24-16-7-6-14(25-9-8-23-12-25)10-15(16)19(20,21)22/h2-10,12H,11H2,1H3,(H,24,26). The Labute approximate surface area is 153 Å². The van der Waals surface area contributed by atoms with Crippen molar-refractivity contribution >= 4 is 11.6 Å². The molecular formula is C19H16F3N3O2. The third-order valence-corrected chi connectivity index (χ3v) is 3.84. The lowest BCUT2D eigenvalue weighted by Crippen LogP contribution is -2.22. The predicted octanol–water partition coefficient (Wildman–Crippen LogP) is 4.22. The zero-order chi connectivity index (χ0) is 19.4. The highest BCUT2D eigenvalue weighted by molar-refractivity contribution is 5.93. The lowest BCUT2D eigenvalue weighted by atomic mass is 10.1. The van der Waals surface area contributed by atoms with Gasteiger partial charge in [-0.2, -0.15) is 13.2 Å². The molecule has 140 valence electrons. The Balaban J connectivity index is 1.77. The maximum Gasteiger partial charge on any atom is 0.418 e. The molecule has 1 aromatic heterocycles. The lowest BCUT2D eigenvalue weighted by molar-refractivity contribution is -0.137. The fraction of sp³-hybridized carbons (Fsp3) is 0.158. The number of nitrogens with zero attached hydrogens (tertiary/aromatic N) is 2. The van der Waals surface area contributed by atoms with Crippen molar-refractivity contribution in [2.75, 3.05) is 11.9 Å². The summed E-state index contributed by atoms with van der Waals surface area (Å²) in [4.78, 5) is 15.9. The molecule has 0 radical (unpaired) electrons. The van der Waals surface area contributed by atoms with Crippen molar-refractivity contribution in [1.29, 1.82) is 0 Å². The molecular weight excluding hydrogens is 359 g/mol. The van der Waals surface area contributed by atoms with Gasteiger partial charge < -0.3 is 14.6 Å². The van der Waals surface area contributed by atoms with E-state index >= 15 is 0 Å². The van der Waals surface area contributed by atoms with E-state index in [1.807, 2.05) is 19.1 Å². The highest BCUT2D eigenvalue weighted by atomic mass is 19.4. The van der Waals surface area contributed by atoms with Gasteiger partial charge >= 0.3 is 6.18 Å². The molecule has 1 amide bonds. The number of anilines is 1. The van der Waals surface area contributed by atoms with Crippen LogP contribution in [0.5, 0.6) is 5.75 Å². The van der Waals surface area contributed by atoms with Crippen LogP contribution in [-0.4, -0.2) is 22.1 Å². The number of aryl methyl sites for hydroxylation is 1. The first kappa shape index (κ1) is 18.5. The first-order valence-electron chi connectivity index (χ1n) is 8.02. The van der Waals surface area contributed by atoms with Gasteiger partial charge in [0.1, 0.15) is 5.75 Å². The van der Waals surface area contributed by atoms with Gasteiger partial charge in [0.15, 0.2) is 6.61 Å². The number of carbonyl (C=O) groups is 1. The van der Waals surface area contributed by atoms with Gasteiger partial charge in [0.2, 0.25) is 0 Å². The van der Waals surface area contributed by atoms with Crippen molar-refractivity contribution in [1.82, 2.24) is 9.55 Å². The van der Waals surface area contributed by atoms with Crippen LogP contribution in [0, 0.1) is 6.92 Å². The van der Waals surface area contributed by atoms with Crippen molar-refractivity contribution in [3.63, 3.8) is 0 Å². The number of hydrogen-bond acceptors (Lipinski definition) is 3. The SMILES string of the molecule is Cc1ccccc1OCC(=O)Nc1ccc(-n2ccnc2)cc1C(F)(F)F. The Morgan fingerprint density at radius 1 is 1.22 bits per heavy atom. The average Bonchev–Trinajstić information content (AvgIpc) is 3.15. The second-order valence-corrected chi connectivity index (χ2v) is 5.80. The van der Waals surface area contributed by atoms with Gasteiger partial charge in [0.25, 0.3) is 5.91 Å². The van der Waals surface area contributed by atoms with E-state index in [4.69, 9.17) is 4.74 Å². The Morgan fingerprint density at radius 3 is 2.67 bits per heavy atom. The predicted molar refractivity (Wildman–Crippen MR) is 93.9 cm³/mol. The summed E-state index contributed by atoms with van der Waals surface area (Å²) in [5.74, 6) is -0.182. The number of para-hydroxylation sites is 1. The van der Waals surface area contributed by atoms with Crippen molar-refractivity contribution in [3.8, 4) is 11.4 Å². The van der Waals surface area contributed by atoms with Crippen molar-refractivity contribution in [2.24, 2.45) is 0 Å². The fourth-order valence-corrected chi connectivity index (χ4v) is 2.50. The molecule has 0 aliphatic carbocycles. The van der Waals surface area contributed by atoms with Gasteiger partial charge in [0, 0.05) is 18.1 Å². The van der Waals surface area contributed by atoms with E-state index in [2.05, 4.69) is 10.3 Å². The van der Waals surface area contributed by atoms with Crippen LogP contribution in [0.15, 0.2) is 61.2 Å². The highest BCUT2D eigenvalue weighted by Crippen LogP contribution is 2.36. The molecule has 8 heteroatoms. The van der Waals surface area contributed by atoms with Gasteiger partial charge in [-0.1, -0.05) is 18.2 Å². The van der Waals surface area contributed by atoms with Crippen LogP contribution in [0.3, 0.4) is 0 Å². The molecule has 2 aromatic carbocycles. The second kappa shape index (κ2) is 7.53. The Bertz CT molecular complexity index is 938. The molecule has 0 saturated carbocycles. The van der Waals surface area contributed by atoms with E-state index in [0.717, 1.165) is 11.6 Å². The third kappa shape index (κ3) is 4.46. The van der Waals surface area contributed by atoms with Gasteiger partial charge in [-0.05, 0) is 36.8 Å². The summed E-state index contributed by atoms with van der Waals surface area (Å²) in [6.45, 7) is 1.41. The number of hydrogen-bond donors (Lipinski definition) is 1. The molecule has 3 rings (SSSR count). The molecule has 0 atom stereocenters. The molecule has 0 unspecified atom stereocenters. The quantitative estimate of drug-likeness (QED) is 0.727. The van der Waals surface area contributed by atoms with E-state index < -0.39 is 24.3 Å². The zero-order valence-electron chi connectivity index (χ0n) is 14.3. The molecule has 3 aromatic rings. The van der Waals surface area contributed by atoms with Crippen molar-refractivity contribution in [3.05, 3.63) is 72.3 Å². The number of carbonyl (C=O) groups excluding carboxylic acids is 1. The molecule has 5 nitrogen and oxygen atoms in total. The number of alkyl halides is 3. The Hall–Kier alpha value is -3.29. The van der Waals surface area contributed by atoms with Gasteiger partial charge in [-0.15, -0.1) is 0 Å². The minimum absolute atomic E-state index is 0.286. The van der Waals surface area contributed by atoms with Crippen LogP contribution in [0.4, 0.5) is 18.9 Å². The third-order valence-electron chi connectivity index (χ3n) is 3.84. The number of rotatable bonds is 5. The summed E-state index contributed by atoms with van der Waals surface area (Å²) in [6.07, 6.45) is -0.241. The van der Waals surface area contributed by atoms with Gasteiger partial charge in [-0.25, -0.2) is 4.98 Å². The molecule has 0 bridgehead atoms. The molecule has 0 saturated heterocycles. The molecule has 0 aliphatic rings.